The molecule has 1 aliphatic rings. The Morgan fingerprint density at radius 1 is 1.12 bits per heavy atom. The van der Waals surface area contributed by atoms with E-state index in [0.717, 1.165) is 36.1 Å². The van der Waals surface area contributed by atoms with E-state index in [0.29, 0.717) is 11.7 Å². The van der Waals surface area contributed by atoms with Crippen molar-refractivity contribution in [2.45, 2.75) is 58.9 Å². The fourth-order valence-electron chi connectivity index (χ4n) is 3.57. The standard InChI is InChI=1S/C23H32N2O/c1-5-25(22-9-7-6-8-10-22)23(26)21-15-13-20(14-16-21)19(4)17(2)11-12-18(3)24/h11-16,22H,3,5-10,24H2,1-2,4H3/b12-11-,19-17+. The lowest BCUT2D eigenvalue weighted by atomic mass is 9.93. The van der Waals surface area contributed by atoms with Crippen molar-refractivity contribution in [1.29, 1.82) is 0 Å². The molecule has 1 aromatic rings. The minimum atomic E-state index is 0.156. The van der Waals surface area contributed by atoms with Crippen molar-refractivity contribution in [3.8, 4) is 0 Å². The third kappa shape index (κ3) is 5.10. The van der Waals surface area contributed by atoms with Crippen molar-refractivity contribution in [3.63, 3.8) is 0 Å². The molecular weight excluding hydrogens is 320 g/mol. The minimum absolute atomic E-state index is 0.156. The second-order valence-electron chi connectivity index (χ2n) is 7.18. The number of rotatable bonds is 6. The van der Waals surface area contributed by atoms with Gasteiger partial charge in [-0.2, -0.15) is 0 Å². The van der Waals surface area contributed by atoms with Crippen LogP contribution in [-0.2, 0) is 0 Å². The average molecular weight is 353 g/mol. The number of allylic oxidation sites excluding steroid dienone is 4. The van der Waals surface area contributed by atoms with E-state index < -0.39 is 0 Å². The van der Waals surface area contributed by atoms with E-state index in [-0.39, 0.29) is 5.91 Å². The molecule has 0 heterocycles. The number of carbonyl (C=O) groups excluding carboxylic acids is 1. The Balaban J connectivity index is 2.16. The Morgan fingerprint density at radius 3 is 2.23 bits per heavy atom. The summed E-state index contributed by atoms with van der Waals surface area (Å²) >= 11 is 0. The molecule has 2 N–H and O–H groups in total. The van der Waals surface area contributed by atoms with Crippen LogP contribution in [0.1, 0.15) is 68.8 Å². The molecule has 26 heavy (non-hydrogen) atoms. The summed E-state index contributed by atoms with van der Waals surface area (Å²) in [7, 11) is 0. The van der Waals surface area contributed by atoms with Crippen molar-refractivity contribution in [3.05, 3.63) is 65.4 Å². The fourth-order valence-corrected chi connectivity index (χ4v) is 3.57. The number of hydrogen-bond acceptors (Lipinski definition) is 2. The predicted octanol–water partition coefficient (Wildman–Crippen LogP) is 5.30. The first kappa shape index (κ1) is 20.0. The van der Waals surface area contributed by atoms with E-state index in [2.05, 4.69) is 32.3 Å². The van der Waals surface area contributed by atoms with Crippen molar-refractivity contribution < 1.29 is 4.79 Å². The van der Waals surface area contributed by atoms with Crippen LogP contribution in [-0.4, -0.2) is 23.4 Å². The molecule has 0 atom stereocenters. The number of hydrogen-bond donors (Lipinski definition) is 1. The van der Waals surface area contributed by atoms with Gasteiger partial charge in [0.05, 0.1) is 0 Å². The normalized spacial score (nSPS) is 16.4. The van der Waals surface area contributed by atoms with Gasteiger partial charge in [0.15, 0.2) is 0 Å². The lowest BCUT2D eigenvalue weighted by Gasteiger charge is -2.33. The summed E-state index contributed by atoms with van der Waals surface area (Å²) in [5.74, 6) is 0.156. The summed E-state index contributed by atoms with van der Waals surface area (Å²) in [6, 6.07) is 8.37. The van der Waals surface area contributed by atoms with Crippen LogP contribution in [0.2, 0.25) is 0 Å². The summed E-state index contributed by atoms with van der Waals surface area (Å²) in [6.45, 7) is 10.7. The third-order valence-electron chi connectivity index (χ3n) is 5.32. The van der Waals surface area contributed by atoms with E-state index in [4.69, 9.17) is 5.73 Å². The van der Waals surface area contributed by atoms with E-state index in [1.165, 1.54) is 24.8 Å². The number of amides is 1. The Hall–Kier alpha value is -2.29. The van der Waals surface area contributed by atoms with Gasteiger partial charge in [-0.15, -0.1) is 0 Å². The Kier molecular flexibility index (Phi) is 7.26. The predicted molar refractivity (Wildman–Crippen MR) is 111 cm³/mol. The monoisotopic (exact) mass is 352 g/mol. The molecule has 1 amide bonds. The number of benzene rings is 1. The number of nitrogens with two attached hydrogens (primary N) is 1. The summed E-state index contributed by atoms with van der Waals surface area (Å²) < 4.78 is 0. The van der Waals surface area contributed by atoms with Gasteiger partial charge in [-0.25, -0.2) is 0 Å². The van der Waals surface area contributed by atoms with Gasteiger partial charge in [-0.3, -0.25) is 4.79 Å². The molecule has 0 spiro atoms. The van der Waals surface area contributed by atoms with Crippen LogP contribution in [0.4, 0.5) is 0 Å². The van der Waals surface area contributed by atoms with Crippen molar-refractivity contribution in [2.75, 3.05) is 6.54 Å². The second kappa shape index (κ2) is 9.42. The molecule has 2 rings (SSSR count). The SMILES string of the molecule is C=C(N)/C=C\C(C)=C(/C)c1ccc(C(=O)N(CC)C2CCCCC2)cc1. The smallest absolute Gasteiger partial charge is 0.254 e. The lowest BCUT2D eigenvalue weighted by molar-refractivity contribution is 0.0648. The van der Waals surface area contributed by atoms with Crippen LogP contribution in [0, 0.1) is 0 Å². The van der Waals surface area contributed by atoms with Gasteiger partial charge < -0.3 is 10.6 Å². The van der Waals surface area contributed by atoms with Crippen LogP contribution in [0.25, 0.3) is 5.57 Å². The Labute approximate surface area is 158 Å². The molecule has 1 fully saturated rings. The van der Waals surface area contributed by atoms with Crippen LogP contribution in [0.5, 0.6) is 0 Å². The number of carbonyl (C=O) groups is 1. The summed E-state index contributed by atoms with van der Waals surface area (Å²) in [5, 5.41) is 0. The zero-order valence-corrected chi connectivity index (χ0v) is 16.4. The molecule has 0 unspecified atom stereocenters. The third-order valence-corrected chi connectivity index (χ3v) is 5.32. The molecule has 0 saturated heterocycles. The van der Waals surface area contributed by atoms with Gasteiger partial charge in [0.25, 0.3) is 5.91 Å². The van der Waals surface area contributed by atoms with Gasteiger partial charge in [0.1, 0.15) is 0 Å². The van der Waals surface area contributed by atoms with Gasteiger partial charge in [0.2, 0.25) is 0 Å². The molecule has 3 heteroatoms. The highest BCUT2D eigenvalue weighted by Gasteiger charge is 2.24. The Bertz CT molecular complexity index is 691. The summed E-state index contributed by atoms with van der Waals surface area (Å²) in [6.07, 6.45) is 9.82. The fraction of sp³-hybridized carbons (Fsp3) is 0.435. The highest BCUT2D eigenvalue weighted by atomic mass is 16.2. The maximum atomic E-state index is 12.9. The second-order valence-corrected chi connectivity index (χ2v) is 7.18. The molecule has 0 bridgehead atoms. The van der Waals surface area contributed by atoms with Crippen LogP contribution >= 0.6 is 0 Å². The topological polar surface area (TPSA) is 46.3 Å². The number of nitrogens with zero attached hydrogens (tertiary/aromatic N) is 1. The molecule has 0 radical (unpaired) electrons. The van der Waals surface area contributed by atoms with Crippen molar-refractivity contribution in [1.82, 2.24) is 4.90 Å². The first-order valence-electron chi connectivity index (χ1n) is 9.65. The molecule has 3 nitrogen and oxygen atoms in total. The summed E-state index contributed by atoms with van der Waals surface area (Å²) in [4.78, 5) is 15.0. The maximum Gasteiger partial charge on any atom is 0.254 e. The van der Waals surface area contributed by atoms with E-state index in [1.807, 2.05) is 30.3 Å². The molecule has 1 saturated carbocycles. The maximum absolute atomic E-state index is 12.9. The molecule has 1 aromatic carbocycles. The van der Waals surface area contributed by atoms with Crippen molar-refractivity contribution in [2.24, 2.45) is 5.73 Å². The first-order valence-corrected chi connectivity index (χ1v) is 9.65. The summed E-state index contributed by atoms with van der Waals surface area (Å²) in [5.41, 5.74) is 10.3. The zero-order chi connectivity index (χ0) is 19.1. The van der Waals surface area contributed by atoms with Gasteiger partial charge in [-0.05, 0) is 68.5 Å². The zero-order valence-electron chi connectivity index (χ0n) is 16.4. The van der Waals surface area contributed by atoms with E-state index >= 15 is 0 Å². The average Bonchev–Trinajstić information content (AvgIpc) is 2.67. The van der Waals surface area contributed by atoms with Crippen molar-refractivity contribution >= 4 is 11.5 Å². The van der Waals surface area contributed by atoms with Crippen LogP contribution in [0.15, 0.2) is 54.3 Å². The largest absolute Gasteiger partial charge is 0.399 e. The molecule has 140 valence electrons. The quantitative estimate of drug-likeness (QED) is 0.706. The van der Waals surface area contributed by atoms with E-state index in [1.54, 1.807) is 6.08 Å². The Morgan fingerprint density at radius 2 is 1.69 bits per heavy atom. The minimum Gasteiger partial charge on any atom is -0.399 e. The van der Waals surface area contributed by atoms with E-state index in [9.17, 15) is 4.79 Å². The van der Waals surface area contributed by atoms with Gasteiger partial charge in [-0.1, -0.05) is 44.1 Å². The molecule has 1 aliphatic carbocycles. The van der Waals surface area contributed by atoms with Gasteiger partial charge in [0, 0.05) is 23.8 Å². The first-order chi connectivity index (χ1) is 12.4. The molecular formula is C23H32N2O. The van der Waals surface area contributed by atoms with Crippen LogP contribution in [0.3, 0.4) is 0 Å². The lowest BCUT2D eigenvalue weighted by Crippen LogP contribution is -2.41. The van der Waals surface area contributed by atoms with Gasteiger partial charge >= 0.3 is 0 Å². The molecule has 0 aliphatic heterocycles. The highest BCUT2D eigenvalue weighted by molar-refractivity contribution is 5.94. The van der Waals surface area contributed by atoms with Crippen LogP contribution < -0.4 is 5.73 Å². The molecule has 0 aromatic heterocycles. The highest BCUT2D eigenvalue weighted by Crippen LogP contribution is 2.25.